The minimum Gasteiger partial charge on any atom is -0.478 e. The van der Waals surface area contributed by atoms with Gasteiger partial charge in [-0.05, 0) is 19.4 Å². The first-order valence-electron chi connectivity index (χ1n) is 3.10. The summed E-state index contributed by atoms with van der Waals surface area (Å²) in [5.74, 6) is -1.72. The van der Waals surface area contributed by atoms with Gasteiger partial charge in [0.1, 0.15) is 5.57 Å². The van der Waals surface area contributed by atoms with Crippen molar-refractivity contribution in [3.8, 4) is 0 Å². The van der Waals surface area contributed by atoms with Crippen LogP contribution in [0.4, 0.5) is 0 Å². The molecular formula is C8H10O3. The maximum Gasteiger partial charge on any atom is 0.339 e. The number of carbonyl (C=O) groups is 2. The first kappa shape index (κ1) is 9.62. The Balaban J connectivity index is 4.69. The Morgan fingerprint density at radius 2 is 1.91 bits per heavy atom. The van der Waals surface area contributed by atoms with Gasteiger partial charge in [0.15, 0.2) is 5.78 Å². The third-order valence-corrected chi connectivity index (χ3v) is 1.15. The van der Waals surface area contributed by atoms with E-state index in [0.29, 0.717) is 0 Å². The summed E-state index contributed by atoms with van der Waals surface area (Å²) in [6.45, 7) is 6.34. The highest BCUT2D eigenvalue weighted by atomic mass is 16.4. The molecule has 11 heavy (non-hydrogen) atoms. The Morgan fingerprint density at radius 1 is 1.45 bits per heavy atom. The average molecular weight is 154 g/mol. The fourth-order valence-electron chi connectivity index (χ4n) is 0.582. The molecule has 0 spiro atoms. The molecule has 0 fully saturated rings. The SMILES string of the molecule is C=C(C)C(=O)/C(=C\C)C(=O)O. The molecule has 0 rings (SSSR count). The summed E-state index contributed by atoms with van der Waals surface area (Å²) in [5, 5.41) is 8.46. The zero-order valence-electron chi connectivity index (χ0n) is 6.55. The van der Waals surface area contributed by atoms with Crippen molar-refractivity contribution in [3.63, 3.8) is 0 Å². The van der Waals surface area contributed by atoms with Crippen molar-refractivity contribution < 1.29 is 14.7 Å². The van der Waals surface area contributed by atoms with E-state index in [-0.39, 0.29) is 11.1 Å². The fraction of sp³-hybridized carbons (Fsp3) is 0.250. The number of ketones is 1. The molecule has 0 amide bonds. The van der Waals surface area contributed by atoms with Crippen LogP contribution in [0, 0.1) is 0 Å². The van der Waals surface area contributed by atoms with E-state index in [1.165, 1.54) is 19.9 Å². The molecular weight excluding hydrogens is 144 g/mol. The Bertz CT molecular complexity index is 236. The molecule has 0 aliphatic carbocycles. The second-order valence-corrected chi connectivity index (χ2v) is 2.12. The maximum atomic E-state index is 11.0. The van der Waals surface area contributed by atoms with Gasteiger partial charge in [-0.1, -0.05) is 12.7 Å². The van der Waals surface area contributed by atoms with Gasteiger partial charge >= 0.3 is 5.97 Å². The monoisotopic (exact) mass is 154 g/mol. The van der Waals surface area contributed by atoms with Gasteiger partial charge in [0.25, 0.3) is 0 Å². The molecule has 0 atom stereocenters. The Kier molecular flexibility index (Phi) is 3.24. The summed E-state index contributed by atoms with van der Waals surface area (Å²) in [6.07, 6.45) is 1.26. The van der Waals surface area contributed by atoms with Crippen LogP contribution < -0.4 is 0 Å². The Labute approximate surface area is 65.0 Å². The number of hydrogen-bond acceptors (Lipinski definition) is 2. The molecule has 0 bridgehead atoms. The summed E-state index contributed by atoms with van der Waals surface area (Å²) >= 11 is 0. The number of carboxylic acid groups (broad SMARTS) is 1. The normalized spacial score (nSPS) is 10.9. The average Bonchev–Trinajstić information content (AvgIpc) is 1.88. The molecule has 3 nitrogen and oxygen atoms in total. The van der Waals surface area contributed by atoms with Crippen LogP contribution in [0.1, 0.15) is 13.8 Å². The second-order valence-electron chi connectivity index (χ2n) is 2.12. The number of carbonyl (C=O) groups excluding carboxylic acids is 1. The molecule has 0 saturated carbocycles. The lowest BCUT2D eigenvalue weighted by molar-refractivity contribution is -0.134. The van der Waals surface area contributed by atoms with Gasteiger partial charge in [0, 0.05) is 0 Å². The van der Waals surface area contributed by atoms with Crippen molar-refractivity contribution >= 4 is 11.8 Å². The van der Waals surface area contributed by atoms with Crippen LogP contribution in [0.3, 0.4) is 0 Å². The Morgan fingerprint density at radius 3 is 2.00 bits per heavy atom. The smallest absolute Gasteiger partial charge is 0.339 e. The number of rotatable bonds is 3. The van der Waals surface area contributed by atoms with Gasteiger partial charge in [-0.2, -0.15) is 0 Å². The van der Waals surface area contributed by atoms with Gasteiger partial charge in [-0.15, -0.1) is 0 Å². The minimum atomic E-state index is -1.21. The van der Waals surface area contributed by atoms with Crippen molar-refractivity contribution in [1.82, 2.24) is 0 Å². The van der Waals surface area contributed by atoms with Crippen molar-refractivity contribution in [1.29, 1.82) is 0 Å². The quantitative estimate of drug-likeness (QED) is 0.377. The number of Topliss-reactive ketones (excluding diaryl/α,β-unsaturated/α-hetero) is 1. The van der Waals surface area contributed by atoms with E-state index in [1.807, 2.05) is 0 Å². The van der Waals surface area contributed by atoms with Crippen molar-refractivity contribution in [2.75, 3.05) is 0 Å². The zero-order chi connectivity index (χ0) is 9.02. The first-order valence-corrected chi connectivity index (χ1v) is 3.10. The molecule has 0 radical (unpaired) electrons. The summed E-state index contributed by atoms with van der Waals surface area (Å²) in [5.41, 5.74) is 0.0120. The molecule has 60 valence electrons. The van der Waals surface area contributed by atoms with Crippen LogP contribution in [0.2, 0.25) is 0 Å². The zero-order valence-corrected chi connectivity index (χ0v) is 6.55. The van der Waals surface area contributed by atoms with E-state index in [2.05, 4.69) is 6.58 Å². The van der Waals surface area contributed by atoms with Gasteiger partial charge < -0.3 is 5.11 Å². The van der Waals surface area contributed by atoms with Crippen molar-refractivity contribution in [3.05, 3.63) is 23.8 Å². The number of carboxylic acids is 1. The molecule has 3 heteroatoms. The Hall–Kier alpha value is -1.38. The van der Waals surface area contributed by atoms with Crippen LogP contribution >= 0.6 is 0 Å². The highest BCUT2D eigenvalue weighted by Gasteiger charge is 2.15. The predicted molar refractivity (Wildman–Crippen MR) is 41.2 cm³/mol. The predicted octanol–water partition coefficient (Wildman–Crippen LogP) is 1.16. The van der Waals surface area contributed by atoms with Gasteiger partial charge in [0.05, 0.1) is 0 Å². The first-order chi connectivity index (χ1) is 5.00. The molecule has 0 aromatic rings. The second kappa shape index (κ2) is 3.71. The molecule has 0 aromatic heterocycles. The van der Waals surface area contributed by atoms with E-state index in [1.54, 1.807) is 0 Å². The minimum absolute atomic E-state index is 0.225. The van der Waals surface area contributed by atoms with E-state index in [9.17, 15) is 9.59 Å². The summed E-state index contributed by atoms with van der Waals surface area (Å²) in [4.78, 5) is 21.3. The molecule has 1 N–H and O–H groups in total. The van der Waals surface area contributed by atoms with Gasteiger partial charge in [-0.3, -0.25) is 4.79 Å². The lowest BCUT2D eigenvalue weighted by atomic mass is 10.1. The topological polar surface area (TPSA) is 54.4 Å². The van der Waals surface area contributed by atoms with E-state index in [0.717, 1.165) is 0 Å². The van der Waals surface area contributed by atoms with Gasteiger partial charge in [-0.25, -0.2) is 4.79 Å². The fourth-order valence-corrected chi connectivity index (χ4v) is 0.582. The van der Waals surface area contributed by atoms with Crippen molar-refractivity contribution in [2.24, 2.45) is 0 Å². The van der Waals surface area contributed by atoms with Crippen LogP contribution in [-0.4, -0.2) is 16.9 Å². The standard InChI is InChI=1S/C8H10O3/c1-4-6(8(10)11)7(9)5(2)3/h4H,2H2,1,3H3,(H,10,11)/b6-4+. The van der Waals surface area contributed by atoms with Crippen molar-refractivity contribution in [2.45, 2.75) is 13.8 Å². The number of hydrogen-bond donors (Lipinski definition) is 1. The number of allylic oxidation sites excluding steroid dienone is 2. The highest BCUT2D eigenvalue weighted by Crippen LogP contribution is 2.03. The van der Waals surface area contributed by atoms with E-state index >= 15 is 0 Å². The van der Waals surface area contributed by atoms with Crippen LogP contribution in [0.25, 0.3) is 0 Å². The largest absolute Gasteiger partial charge is 0.478 e. The molecule has 0 unspecified atom stereocenters. The van der Waals surface area contributed by atoms with E-state index < -0.39 is 11.8 Å². The molecule has 0 aliphatic heterocycles. The number of aliphatic carboxylic acids is 1. The molecule has 0 saturated heterocycles. The molecule has 0 heterocycles. The third kappa shape index (κ3) is 2.37. The van der Waals surface area contributed by atoms with Crippen LogP contribution in [0.5, 0.6) is 0 Å². The van der Waals surface area contributed by atoms with Gasteiger partial charge in [0.2, 0.25) is 0 Å². The maximum absolute atomic E-state index is 11.0. The van der Waals surface area contributed by atoms with Crippen LogP contribution in [0.15, 0.2) is 23.8 Å². The summed E-state index contributed by atoms with van der Waals surface area (Å²) < 4.78 is 0. The van der Waals surface area contributed by atoms with E-state index in [4.69, 9.17) is 5.11 Å². The van der Waals surface area contributed by atoms with Crippen LogP contribution in [-0.2, 0) is 9.59 Å². The molecule has 0 aromatic carbocycles. The third-order valence-electron chi connectivity index (χ3n) is 1.15. The summed E-state index contributed by atoms with van der Waals surface area (Å²) in [6, 6.07) is 0. The summed E-state index contributed by atoms with van der Waals surface area (Å²) in [7, 11) is 0. The lowest BCUT2D eigenvalue weighted by Gasteiger charge is -1.97. The lowest BCUT2D eigenvalue weighted by Crippen LogP contribution is -2.12. The molecule has 0 aliphatic rings. The highest BCUT2D eigenvalue weighted by molar-refractivity contribution is 6.22.